The smallest absolute Gasteiger partial charge is 0.339 e. The first-order valence-electron chi connectivity index (χ1n) is 12.6. The van der Waals surface area contributed by atoms with Crippen LogP contribution in [0.5, 0.6) is 0 Å². The monoisotopic (exact) mass is 516 g/mol. The predicted molar refractivity (Wildman–Crippen MR) is 118 cm³/mol. The largest absolute Gasteiger partial charge is 0.504 e. The summed E-state index contributed by atoms with van der Waals surface area (Å²) in [7, 11) is 0. The van der Waals surface area contributed by atoms with Gasteiger partial charge < -0.3 is 33.9 Å². The number of carbonyl (C=O) groups is 4. The molecule has 0 amide bonds. The van der Waals surface area contributed by atoms with E-state index < -0.39 is 87.4 Å². The number of rotatable bonds is 1. The Labute approximate surface area is 211 Å². The number of ketones is 1. The van der Waals surface area contributed by atoms with Gasteiger partial charge in [-0.15, -0.1) is 0 Å². The first-order chi connectivity index (χ1) is 17.3. The maximum Gasteiger partial charge on any atom is 0.339 e. The summed E-state index contributed by atoms with van der Waals surface area (Å²) in [5.74, 6) is -3.41. The quantitative estimate of drug-likeness (QED) is 0.288. The summed E-state index contributed by atoms with van der Waals surface area (Å²) < 4.78 is 28.7. The molecule has 11 heteroatoms. The molecular formula is C26H28O11. The molecule has 2 N–H and O–H groups in total. The van der Waals surface area contributed by atoms with Gasteiger partial charge in [0.25, 0.3) is 0 Å². The van der Waals surface area contributed by atoms with E-state index in [1.54, 1.807) is 20.8 Å². The summed E-state index contributed by atoms with van der Waals surface area (Å²) in [6.07, 6.45) is -2.49. The highest BCUT2D eigenvalue weighted by Crippen LogP contribution is 2.78. The SMILES string of the molecule is CC1(C)O[C@H]2CC(=O)OC[C@@]23C1=C(O)C(=O)[C@]1(C)[C@@H]3CC[C@@]2(C)[C@H](C3=CC(=O)O[C@H]3O)OC(=O)[C@H]3O[C@]321. The molecule has 0 aromatic heterocycles. The van der Waals surface area contributed by atoms with E-state index in [0.717, 1.165) is 6.08 Å². The highest BCUT2D eigenvalue weighted by molar-refractivity contribution is 6.04. The first-order valence-corrected chi connectivity index (χ1v) is 12.6. The normalized spacial score (nSPS) is 51.1. The van der Waals surface area contributed by atoms with Gasteiger partial charge in [-0.25, -0.2) is 9.59 Å². The van der Waals surface area contributed by atoms with Crippen LogP contribution in [-0.4, -0.2) is 76.3 Å². The van der Waals surface area contributed by atoms with E-state index in [1.165, 1.54) is 0 Å². The van der Waals surface area contributed by atoms with E-state index in [4.69, 9.17) is 23.7 Å². The van der Waals surface area contributed by atoms with Gasteiger partial charge >= 0.3 is 17.9 Å². The topological polar surface area (TPSA) is 158 Å². The molecule has 0 radical (unpaired) electrons. The Kier molecular flexibility index (Phi) is 4.07. The third-order valence-electron chi connectivity index (χ3n) is 10.5. The number of aliphatic hydroxyl groups excluding tert-OH is 2. The van der Waals surface area contributed by atoms with Crippen molar-refractivity contribution in [3.63, 3.8) is 0 Å². The van der Waals surface area contributed by atoms with Gasteiger partial charge in [-0.2, -0.15) is 0 Å². The van der Waals surface area contributed by atoms with Gasteiger partial charge in [-0.05, 0) is 39.5 Å². The molecule has 11 nitrogen and oxygen atoms in total. The molecule has 37 heavy (non-hydrogen) atoms. The molecule has 198 valence electrons. The van der Waals surface area contributed by atoms with Gasteiger partial charge in [0.1, 0.15) is 18.3 Å². The van der Waals surface area contributed by atoms with Crippen LogP contribution in [-0.2, 0) is 42.9 Å². The Bertz CT molecular complexity index is 1280. The van der Waals surface area contributed by atoms with Crippen LogP contribution in [0.4, 0.5) is 0 Å². The molecule has 0 bridgehead atoms. The standard InChI is InChI=1S/C26H28O11/c1-22(2)16-15(29)17(30)24(4)11(25(16)9-33-13(27)8-12(25)36-22)5-6-23(3)18(10-7-14(28)34-20(10)31)35-21(32)19-26(23,24)37-19/h7,11-12,18-20,29,31H,5-6,8-9H2,1-4H3/t11-,12-,18-,19+,20+,23-,24-,25-,26+/m0/s1. The number of carbonyl (C=O) groups excluding carboxylic acids is 4. The van der Waals surface area contributed by atoms with E-state index in [0.29, 0.717) is 18.4 Å². The molecule has 0 aromatic rings. The lowest BCUT2D eigenvalue weighted by atomic mass is 9.38. The summed E-state index contributed by atoms with van der Waals surface area (Å²) in [6.45, 7) is 6.98. The van der Waals surface area contributed by atoms with Crippen LogP contribution in [0.1, 0.15) is 47.0 Å². The fraction of sp³-hybridized carbons (Fsp3) is 0.692. The van der Waals surface area contributed by atoms with Crippen molar-refractivity contribution in [2.45, 2.75) is 82.8 Å². The van der Waals surface area contributed by atoms with Crippen LogP contribution in [0.15, 0.2) is 23.0 Å². The number of fused-ring (bicyclic) bond motifs is 1. The number of allylic oxidation sites excluding steroid dienone is 1. The molecule has 2 aliphatic carbocycles. The van der Waals surface area contributed by atoms with Crippen molar-refractivity contribution < 1.29 is 53.1 Å². The van der Waals surface area contributed by atoms with E-state index in [1.807, 2.05) is 6.92 Å². The lowest BCUT2D eigenvalue weighted by Gasteiger charge is -2.63. The number of epoxide rings is 1. The minimum Gasteiger partial charge on any atom is -0.504 e. The average molecular weight is 516 g/mol. The molecule has 2 spiro atoms. The molecule has 5 fully saturated rings. The molecule has 7 aliphatic rings. The number of ether oxygens (including phenoxy) is 5. The summed E-state index contributed by atoms with van der Waals surface area (Å²) >= 11 is 0. The fourth-order valence-electron chi connectivity index (χ4n) is 9.16. The zero-order valence-corrected chi connectivity index (χ0v) is 20.9. The highest BCUT2D eigenvalue weighted by Gasteiger charge is 2.90. The van der Waals surface area contributed by atoms with Crippen LogP contribution in [0, 0.1) is 22.2 Å². The highest BCUT2D eigenvalue weighted by atomic mass is 16.7. The fourth-order valence-corrected chi connectivity index (χ4v) is 9.16. The van der Waals surface area contributed by atoms with Crippen molar-refractivity contribution in [2.24, 2.45) is 22.2 Å². The van der Waals surface area contributed by atoms with Gasteiger partial charge in [-0.3, -0.25) is 9.59 Å². The number of esters is 3. The lowest BCUT2D eigenvalue weighted by molar-refractivity contribution is -0.209. The van der Waals surface area contributed by atoms with Crippen molar-refractivity contribution >= 4 is 23.7 Å². The van der Waals surface area contributed by atoms with Crippen LogP contribution in [0.2, 0.25) is 0 Å². The predicted octanol–water partition coefficient (Wildman–Crippen LogP) is 0.779. The number of hydrogen-bond donors (Lipinski definition) is 2. The van der Waals surface area contributed by atoms with Gasteiger partial charge in [0.15, 0.2) is 11.9 Å². The second kappa shape index (κ2) is 6.44. The van der Waals surface area contributed by atoms with E-state index in [9.17, 15) is 29.4 Å². The molecule has 5 heterocycles. The van der Waals surface area contributed by atoms with Gasteiger partial charge in [0.2, 0.25) is 12.1 Å². The zero-order chi connectivity index (χ0) is 26.5. The minimum absolute atomic E-state index is 0.0290. The van der Waals surface area contributed by atoms with Gasteiger partial charge in [0, 0.05) is 22.6 Å². The summed E-state index contributed by atoms with van der Waals surface area (Å²) in [6, 6.07) is 0. The number of hydrogen-bond acceptors (Lipinski definition) is 11. The number of aliphatic hydroxyl groups is 2. The van der Waals surface area contributed by atoms with Crippen molar-refractivity contribution in [1.29, 1.82) is 0 Å². The molecular weight excluding hydrogens is 488 g/mol. The Morgan fingerprint density at radius 2 is 1.73 bits per heavy atom. The van der Waals surface area contributed by atoms with Crippen molar-refractivity contribution in [3.8, 4) is 0 Å². The maximum atomic E-state index is 14.3. The Balaban J connectivity index is 1.44. The first kappa shape index (κ1) is 23.4. The molecule has 0 aromatic carbocycles. The minimum atomic E-state index is -1.59. The maximum absolute atomic E-state index is 14.3. The third kappa shape index (κ3) is 2.28. The van der Waals surface area contributed by atoms with Crippen molar-refractivity contribution in [2.75, 3.05) is 6.61 Å². The summed E-state index contributed by atoms with van der Waals surface area (Å²) in [5, 5.41) is 22.0. The van der Waals surface area contributed by atoms with E-state index >= 15 is 0 Å². The van der Waals surface area contributed by atoms with Crippen molar-refractivity contribution in [1.82, 2.24) is 0 Å². The van der Waals surface area contributed by atoms with Crippen LogP contribution in [0.25, 0.3) is 0 Å². The van der Waals surface area contributed by atoms with Gasteiger partial charge in [-0.1, -0.05) is 6.92 Å². The summed E-state index contributed by atoms with van der Waals surface area (Å²) in [4.78, 5) is 51.7. The zero-order valence-electron chi connectivity index (χ0n) is 20.9. The molecule has 5 aliphatic heterocycles. The number of Topliss-reactive ketones (excluding diaryl/α,β-unsaturated/α-hetero) is 1. The average Bonchev–Trinajstić information content (AvgIpc) is 3.44. The van der Waals surface area contributed by atoms with Crippen LogP contribution in [0.3, 0.4) is 0 Å². The second-order valence-electron chi connectivity index (χ2n) is 12.3. The van der Waals surface area contributed by atoms with E-state index in [-0.39, 0.29) is 18.6 Å². The Morgan fingerprint density at radius 1 is 1.00 bits per heavy atom. The van der Waals surface area contributed by atoms with Crippen LogP contribution >= 0.6 is 0 Å². The molecule has 9 atom stereocenters. The van der Waals surface area contributed by atoms with Crippen LogP contribution < -0.4 is 0 Å². The van der Waals surface area contributed by atoms with Crippen molar-refractivity contribution in [3.05, 3.63) is 23.0 Å². The molecule has 1 saturated carbocycles. The number of cyclic esters (lactones) is 3. The summed E-state index contributed by atoms with van der Waals surface area (Å²) in [5.41, 5.74) is -5.38. The lowest BCUT2D eigenvalue weighted by Crippen LogP contribution is -2.73. The molecule has 4 saturated heterocycles. The third-order valence-corrected chi connectivity index (χ3v) is 10.5. The molecule has 7 rings (SSSR count). The molecule has 0 unspecified atom stereocenters. The van der Waals surface area contributed by atoms with E-state index in [2.05, 4.69) is 0 Å². The Morgan fingerprint density at radius 3 is 2.41 bits per heavy atom. The second-order valence-corrected chi connectivity index (χ2v) is 12.3. The van der Waals surface area contributed by atoms with Gasteiger partial charge in [0.05, 0.1) is 29.0 Å². The Hall–Kier alpha value is -2.76.